The van der Waals surface area contributed by atoms with Gasteiger partial charge in [0.25, 0.3) is 0 Å². The quantitative estimate of drug-likeness (QED) is 0.0196. The number of carbonyl (C=O) groups excluding carboxylic acids is 6. The van der Waals surface area contributed by atoms with E-state index in [0.29, 0.717) is 106 Å². The summed E-state index contributed by atoms with van der Waals surface area (Å²) in [5, 5.41) is -3.84. The summed E-state index contributed by atoms with van der Waals surface area (Å²) in [5.74, 6) is -9.79. The minimum atomic E-state index is -5.98. The van der Waals surface area contributed by atoms with E-state index in [0.717, 1.165) is 38.2 Å². The fourth-order valence-corrected chi connectivity index (χ4v) is 25.6. The summed E-state index contributed by atoms with van der Waals surface area (Å²) in [6.07, 6.45) is -12.5. The second kappa shape index (κ2) is 37.7. The van der Waals surface area contributed by atoms with Crippen molar-refractivity contribution in [2.24, 2.45) is 47.3 Å². The molecule has 41 heteroatoms. The van der Waals surface area contributed by atoms with Crippen LogP contribution in [-0.2, 0) is 63.7 Å². The van der Waals surface area contributed by atoms with Crippen LogP contribution in [0.1, 0.15) is 105 Å². The molecule has 11 unspecified atom stereocenters. The highest BCUT2D eigenvalue weighted by Gasteiger charge is 2.52. The molecule has 11 atom stereocenters. The van der Waals surface area contributed by atoms with Crippen LogP contribution in [0.15, 0.2) is 72.8 Å². The molecule has 0 saturated heterocycles. The Morgan fingerprint density at radius 1 is 0.442 bits per heavy atom. The van der Waals surface area contributed by atoms with Crippen molar-refractivity contribution >= 4 is 280 Å². The van der Waals surface area contributed by atoms with Crippen molar-refractivity contribution in [3.63, 3.8) is 0 Å². The summed E-state index contributed by atoms with van der Waals surface area (Å²) >= 11 is 19.1. The maximum absolute atomic E-state index is 13.8. The minimum Gasteiger partial charge on any atom is -0.748 e. The van der Waals surface area contributed by atoms with E-state index in [1.165, 1.54) is 30.3 Å². The summed E-state index contributed by atoms with van der Waals surface area (Å²) in [5.41, 5.74) is -0.0934. The number of esters is 6. The average Bonchev–Trinajstić information content (AvgIpc) is 0.792. The number of halogens is 17. The van der Waals surface area contributed by atoms with Crippen LogP contribution in [-0.4, -0.2) is 122 Å². The molecular weight excluding hydrogens is 2480 g/mol. The summed E-state index contributed by atoms with van der Waals surface area (Å²) in [6.45, 7) is 0.693. The SMILES string of the molecule is CC(OC(=O)C1CCCC2C(C(=O)Oc3c(I)cc(I)cc3I)CCCC12)C(F)(F)S(=O)(=O)[O-].O=C(Oc1c(I)cc(I)cc1I)C1CCC2CC(C(=O)OC(CS(=O)(=O)[O-])C(F)(F)F)CCC2C1.O=C(Oc1c(I)cc(I)cc1I)c1ccc2cc(C(=O)OC(CS(=O)(=O)[O-])C(F)(F)F)ccc2c1. The summed E-state index contributed by atoms with van der Waals surface area (Å²) < 4.78 is 241. The van der Waals surface area contributed by atoms with Gasteiger partial charge in [-0.2, -0.15) is 35.1 Å². The van der Waals surface area contributed by atoms with Gasteiger partial charge in [0.2, 0.25) is 12.2 Å². The zero-order chi connectivity index (χ0) is 77.7. The Morgan fingerprint density at radius 2 is 0.798 bits per heavy atom. The Kier molecular flexibility index (Phi) is 32.7. The van der Waals surface area contributed by atoms with Crippen LogP contribution in [0.25, 0.3) is 10.8 Å². The Labute approximate surface area is 713 Å². The van der Waals surface area contributed by atoms with Crippen LogP contribution in [0.2, 0.25) is 0 Å². The summed E-state index contributed by atoms with van der Waals surface area (Å²) in [6, 6.07) is 19.5. The van der Waals surface area contributed by atoms with Crippen LogP contribution >= 0.6 is 203 Å². The third-order valence-electron chi connectivity index (χ3n) is 17.4. The molecule has 572 valence electrons. The molecule has 5 aromatic carbocycles. The normalized spacial score (nSPS) is 21.7. The zero-order valence-electron chi connectivity index (χ0n) is 52.9. The van der Waals surface area contributed by atoms with E-state index < -0.39 is 119 Å². The van der Waals surface area contributed by atoms with E-state index in [1.54, 1.807) is 0 Å². The number of rotatable bonds is 18. The van der Waals surface area contributed by atoms with Crippen molar-refractivity contribution in [2.45, 2.75) is 120 Å². The van der Waals surface area contributed by atoms with E-state index in [4.69, 9.17) is 18.9 Å². The number of ether oxygens (including phenoxy) is 6. The van der Waals surface area contributed by atoms with Gasteiger partial charge in [0, 0.05) is 10.7 Å². The largest absolute Gasteiger partial charge is 0.748 e. The monoisotopic (exact) mass is 2540 g/mol. The lowest BCUT2D eigenvalue weighted by Crippen LogP contribution is -2.46. The first-order chi connectivity index (χ1) is 48.0. The fourth-order valence-electron chi connectivity index (χ4n) is 12.5. The van der Waals surface area contributed by atoms with Crippen molar-refractivity contribution in [2.75, 3.05) is 11.5 Å². The lowest BCUT2D eigenvalue weighted by atomic mass is 9.61. The van der Waals surface area contributed by atoms with Gasteiger partial charge in [0.15, 0.2) is 33.5 Å². The van der Waals surface area contributed by atoms with Crippen LogP contribution in [0, 0.1) is 79.5 Å². The number of alkyl halides is 8. The predicted octanol–water partition coefficient (Wildman–Crippen LogP) is 16.1. The van der Waals surface area contributed by atoms with Gasteiger partial charge in [-0.1, -0.05) is 25.0 Å². The second-order valence-corrected chi connectivity index (χ2v) is 39.6. The highest BCUT2D eigenvalue weighted by Crippen LogP contribution is 2.50. The summed E-state index contributed by atoms with van der Waals surface area (Å²) in [7, 11) is -16.5. The van der Waals surface area contributed by atoms with Crippen molar-refractivity contribution < 1.29 is 131 Å². The fraction of sp³-hybridized carbons (Fsp3) is 0.460. The molecule has 9 rings (SSSR count). The van der Waals surface area contributed by atoms with Gasteiger partial charge in [-0.05, 0) is 370 Å². The van der Waals surface area contributed by atoms with Crippen molar-refractivity contribution in [1.29, 1.82) is 0 Å². The van der Waals surface area contributed by atoms with Gasteiger partial charge >= 0.3 is 53.4 Å². The van der Waals surface area contributed by atoms with E-state index in [9.17, 15) is 103 Å². The number of carbonyl (C=O) groups is 6. The topological polar surface area (TPSA) is 329 Å². The third-order valence-corrected chi connectivity index (χ3v) is 26.5. The molecule has 0 amide bonds. The first kappa shape index (κ1) is 90.1. The standard InChI is InChI=1S/C21H22F3I3O7S.C21H12F3I3O7S.C21H23F2I3O7S/c2*22-21(23,24)17(9-35(30,31)32)33-19(28)12-3-1-11-6-13(4-2-10(11)5-12)20(29)34-18-15(26)7-14(25)8-16(18)27;1-10(21(22,23)34(29,30)31)32-19(27)14-6-2-5-13-12(14)4-3-7-15(13)20(28)33-18-16(25)8-11(24)9-17(18)26/h7-8,10-13,17H,1-6,9H2,(H,30,31,32);1-8,17H,9H2,(H,30,31,32);8-10,12-15H,2-7H2,1H3,(H,29,30,31)/p-3. The number of benzene rings is 5. The van der Waals surface area contributed by atoms with Gasteiger partial charge in [0.1, 0.15) is 0 Å². The maximum Gasteiger partial charge on any atom is 0.426 e. The van der Waals surface area contributed by atoms with Gasteiger partial charge in [-0.25, -0.2) is 34.8 Å². The Hall–Kier alpha value is -1.08. The molecule has 21 nitrogen and oxygen atoms in total. The average molecular weight is 2540 g/mol. The third kappa shape index (κ3) is 25.2. The first-order valence-corrected chi connectivity index (χ1v) is 44.9. The van der Waals surface area contributed by atoms with Crippen molar-refractivity contribution in [3.8, 4) is 17.2 Å². The lowest BCUT2D eigenvalue weighted by molar-refractivity contribution is -0.218. The molecule has 4 aliphatic rings. The van der Waals surface area contributed by atoms with E-state index in [2.05, 4.69) is 213 Å². The molecule has 104 heavy (non-hydrogen) atoms. The minimum absolute atomic E-state index is 0.0384. The first-order valence-electron chi connectivity index (χ1n) is 30.6. The van der Waals surface area contributed by atoms with E-state index in [1.807, 2.05) is 36.4 Å². The summed E-state index contributed by atoms with van der Waals surface area (Å²) in [4.78, 5) is 76.0. The van der Waals surface area contributed by atoms with Crippen LogP contribution in [0.4, 0.5) is 35.1 Å². The van der Waals surface area contributed by atoms with E-state index >= 15 is 0 Å². The molecule has 0 spiro atoms. The Bertz CT molecular complexity index is 4380. The number of hydrogen-bond donors (Lipinski definition) is 0. The Balaban J connectivity index is 0.000000218. The van der Waals surface area contributed by atoms with Gasteiger partial charge in [-0.3, -0.25) is 19.2 Å². The van der Waals surface area contributed by atoms with Crippen LogP contribution in [0.3, 0.4) is 0 Å². The van der Waals surface area contributed by atoms with Gasteiger partial charge < -0.3 is 42.1 Å². The molecule has 4 saturated carbocycles. The molecule has 0 radical (unpaired) electrons. The highest BCUT2D eigenvalue weighted by molar-refractivity contribution is 14.1. The molecule has 0 heterocycles. The molecular formula is C63H54F8I9O21S3-3. The molecule has 0 aliphatic heterocycles. The number of fused-ring (bicyclic) bond motifs is 3. The highest BCUT2D eigenvalue weighted by atomic mass is 127. The van der Waals surface area contributed by atoms with Gasteiger partial charge in [0.05, 0.1) is 88.0 Å². The Morgan fingerprint density at radius 3 is 1.18 bits per heavy atom. The van der Waals surface area contributed by atoms with Crippen LogP contribution < -0.4 is 14.2 Å². The van der Waals surface area contributed by atoms with Gasteiger partial charge in [-0.15, -0.1) is 0 Å². The smallest absolute Gasteiger partial charge is 0.426 e. The predicted molar refractivity (Wildman–Crippen MR) is 428 cm³/mol. The molecule has 0 N–H and O–H groups in total. The molecule has 0 aromatic heterocycles. The maximum atomic E-state index is 13.8. The lowest BCUT2D eigenvalue weighted by Gasteiger charge is -2.44. The zero-order valence-corrected chi connectivity index (χ0v) is 74.8. The molecule has 5 aromatic rings. The van der Waals surface area contributed by atoms with Crippen LogP contribution in [0.5, 0.6) is 17.2 Å². The number of hydrogen-bond acceptors (Lipinski definition) is 21. The molecule has 4 aliphatic carbocycles. The van der Waals surface area contributed by atoms with Crippen molar-refractivity contribution in [1.82, 2.24) is 0 Å². The molecule has 0 bridgehead atoms. The van der Waals surface area contributed by atoms with E-state index in [-0.39, 0.29) is 59.1 Å². The van der Waals surface area contributed by atoms with Crippen molar-refractivity contribution in [3.05, 3.63) is 116 Å². The molecule has 4 fully saturated rings. The second-order valence-electron chi connectivity index (χ2n) is 24.5.